The highest BCUT2D eigenvalue weighted by molar-refractivity contribution is 7.99. The van der Waals surface area contributed by atoms with Crippen LogP contribution in [0.25, 0.3) is 0 Å². The summed E-state index contributed by atoms with van der Waals surface area (Å²) in [6, 6.07) is 9.74. The van der Waals surface area contributed by atoms with Crippen LogP contribution in [0.1, 0.15) is 18.3 Å². The third-order valence-electron chi connectivity index (χ3n) is 3.09. The largest absolute Gasteiger partial charge is 0.392 e. The van der Waals surface area contributed by atoms with Gasteiger partial charge in [-0.2, -0.15) is 5.10 Å². The van der Waals surface area contributed by atoms with Crippen LogP contribution < -0.4 is 0 Å². The minimum atomic E-state index is -0.379. The van der Waals surface area contributed by atoms with Crippen molar-refractivity contribution >= 4 is 23.4 Å². The number of hydrogen-bond acceptors (Lipinski definition) is 3. The fourth-order valence-electron chi connectivity index (χ4n) is 1.96. The van der Waals surface area contributed by atoms with Crippen LogP contribution in [0.15, 0.2) is 35.2 Å². The van der Waals surface area contributed by atoms with Crippen LogP contribution in [0.4, 0.5) is 0 Å². The normalized spacial score (nSPS) is 12.6. The van der Waals surface area contributed by atoms with Crippen molar-refractivity contribution in [3.8, 4) is 0 Å². The highest BCUT2D eigenvalue weighted by Crippen LogP contribution is 2.22. The number of nitrogens with zero attached hydrogens (tertiary/aromatic N) is 2. The summed E-state index contributed by atoms with van der Waals surface area (Å²) in [5, 5.41) is 15.3. The zero-order valence-electron chi connectivity index (χ0n) is 11.7. The van der Waals surface area contributed by atoms with Crippen molar-refractivity contribution in [1.82, 2.24) is 9.78 Å². The van der Waals surface area contributed by atoms with Crippen LogP contribution in [-0.2, 0) is 19.9 Å². The number of aromatic nitrogens is 2. The molecule has 20 heavy (non-hydrogen) atoms. The first-order valence-electron chi connectivity index (χ1n) is 6.66. The second-order valence-corrected chi connectivity index (χ2v) is 6.26. The van der Waals surface area contributed by atoms with E-state index in [0.29, 0.717) is 12.2 Å². The summed E-state index contributed by atoms with van der Waals surface area (Å²) in [6.07, 6.45) is 1.17. The van der Waals surface area contributed by atoms with E-state index in [1.165, 1.54) is 0 Å². The van der Waals surface area contributed by atoms with Gasteiger partial charge in [0.05, 0.1) is 11.8 Å². The van der Waals surface area contributed by atoms with E-state index in [1.807, 2.05) is 36.0 Å². The summed E-state index contributed by atoms with van der Waals surface area (Å²) in [4.78, 5) is 1.12. The zero-order valence-corrected chi connectivity index (χ0v) is 13.3. The van der Waals surface area contributed by atoms with Crippen LogP contribution in [0, 0.1) is 0 Å². The standard InChI is InChI=1S/C15H19ClN2OS/c1-3-12-8-13(18(2)17-12)9-14(19)10-20-15-6-4-11(16)5-7-15/h4-8,14,19H,3,9-10H2,1-2H3. The van der Waals surface area contributed by atoms with Gasteiger partial charge in [0, 0.05) is 34.8 Å². The van der Waals surface area contributed by atoms with Crippen LogP contribution in [-0.4, -0.2) is 26.7 Å². The van der Waals surface area contributed by atoms with Crippen molar-refractivity contribution in [3.05, 3.63) is 46.7 Å². The Kier molecular flexibility index (Phi) is 5.52. The second-order valence-electron chi connectivity index (χ2n) is 4.73. The SMILES string of the molecule is CCc1cc(CC(O)CSc2ccc(Cl)cc2)n(C)n1. The van der Waals surface area contributed by atoms with E-state index in [2.05, 4.69) is 18.1 Å². The summed E-state index contributed by atoms with van der Waals surface area (Å²) >= 11 is 7.48. The van der Waals surface area contributed by atoms with Crippen molar-refractivity contribution in [3.63, 3.8) is 0 Å². The Morgan fingerprint density at radius 1 is 1.35 bits per heavy atom. The number of benzene rings is 1. The molecule has 1 aromatic carbocycles. The molecular weight excluding hydrogens is 292 g/mol. The molecule has 0 aliphatic rings. The molecule has 0 radical (unpaired) electrons. The number of aryl methyl sites for hydroxylation is 2. The number of aliphatic hydroxyl groups excluding tert-OH is 1. The molecule has 0 saturated heterocycles. The molecule has 1 unspecified atom stereocenters. The van der Waals surface area contributed by atoms with Crippen LogP contribution in [0.3, 0.4) is 0 Å². The van der Waals surface area contributed by atoms with Gasteiger partial charge in [-0.3, -0.25) is 4.68 Å². The molecule has 0 spiro atoms. The van der Waals surface area contributed by atoms with Crippen LogP contribution in [0.5, 0.6) is 0 Å². The second kappa shape index (κ2) is 7.16. The first kappa shape index (κ1) is 15.4. The van der Waals surface area contributed by atoms with E-state index in [-0.39, 0.29) is 6.10 Å². The Bertz CT molecular complexity index is 554. The van der Waals surface area contributed by atoms with Crippen molar-refractivity contribution in [1.29, 1.82) is 0 Å². The number of aliphatic hydroxyl groups is 1. The van der Waals surface area contributed by atoms with E-state index in [4.69, 9.17) is 11.6 Å². The van der Waals surface area contributed by atoms with Crippen molar-refractivity contribution in [2.24, 2.45) is 7.05 Å². The number of halogens is 1. The lowest BCUT2D eigenvalue weighted by Gasteiger charge is -2.10. The van der Waals surface area contributed by atoms with E-state index in [0.717, 1.165) is 27.7 Å². The average molecular weight is 311 g/mol. The average Bonchev–Trinajstić information content (AvgIpc) is 2.79. The molecule has 1 N–H and O–H groups in total. The minimum Gasteiger partial charge on any atom is -0.392 e. The molecule has 0 aliphatic heterocycles. The molecule has 0 fully saturated rings. The van der Waals surface area contributed by atoms with Crippen LogP contribution >= 0.6 is 23.4 Å². The van der Waals surface area contributed by atoms with Crippen molar-refractivity contribution in [2.75, 3.05) is 5.75 Å². The van der Waals surface area contributed by atoms with E-state index < -0.39 is 0 Å². The first-order valence-corrected chi connectivity index (χ1v) is 8.03. The van der Waals surface area contributed by atoms with Crippen molar-refractivity contribution < 1.29 is 5.11 Å². The maximum Gasteiger partial charge on any atom is 0.0689 e. The minimum absolute atomic E-state index is 0.379. The smallest absolute Gasteiger partial charge is 0.0689 e. The van der Waals surface area contributed by atoms with E-state index in [1.54, 1.807) is 11.8 Å². The van der Waals surface area contributed by atoms with Crippen LogP contribution in [0.2, 0.25) is 5.02 Å². The summed E-state index contributed by atoms with van der Waals surface area (Å²) in [7, 11) is 1.92. The van der Waals surface area contributed by atoms with Crippen molar-refractivity contribution in [2.45, 2.75) is 30.8 Å². The lowest BCUT2D eigenvalue weighted by molar-refractivity contribution is 0.197. The fraction of sp³-hybridized carbons (Fsp3) is 0.400. The summed E-state index contributed by atoms with van der Waals surface area (Å²) < 4.78 is 1.86. The molecule has 1 heterocycles. The highest BCUT2D eigenvalue weighted by Gasteiger charge is 2.11. The third-order valence-corrected chi connectivity index (χ3v) is 4.50. The molecule has 0 amide bonds. The number of hydrogen-bond donors (Lipinski definition) is 1. The van der Waals surface area contributed by atoms with Gasteiger partial charge in [0.2, 0.25) is 0 Å². The first-order chi connectivity index (χ1) is 9.58. The maximum absolute atomic E-state index is 10.1. The monoisotopic (exact) mass is 310 g/mol. The van der Waals surface area contributed by atoms with Gasteiger partial charge in [-0.05, 0) is 36.8 Å². The van der Waals surface area contributed by atoms with Gasteiger partial charge < -0.3 is 5.11 Å². The fourth-order valence-corrected chi connectivity index (χ4v) is 2.92. The Balaban J connectivity index is 1.87. The Morgan fingerprint density at radius 2 is 2.05 bits per heavy atom. The molecule has 3 nitrogen and oxygen atoms in total. The van der Waals surface area contributed by atoms with E-state index in [9.17, 15) is 5.11 Å². The number of thioether (sulfide) groups is 1. The predicted molar refractivity (Wildman–Crippen MR) is 84.5 cm³/mol. The molecule has 5 heteroatoms. The molecular formula is C15H19ClN2OS. The van der Waals surface area contributed by atoms with Gasteiger partial charge in [0.1, 0.15) is 0 Å². The number of rotatable bonds is 6. The third kappa shape index (κ3) is 4.27. The molecule has 2 rings (SSSR count). The highest BCUT2D eigenvalue weighted by atomic mass is 35.5. The van der Waals surface area contributed by atoms with Gasteiger partial charge in [-0.1, -0.05) is 18.5 Å². The molecule has 0 aliphatic carbocycles. The predicted octanol–water partition coefficient (Wildman–Crippen LogP) is 3.33. The Morgan fingerprint density at radius 3 is 2.65 bits per heavy atom. The molecule has 2 aromatic rings. The quantitative estimate of drug-likeness (QED) is 0.832. The Labute approximate surface area is 129 Å². The lowest BCUT2D eigenvalue weighted by atomic mass is 10.2. The summed E-state index contributed by atoms with van der Waals surface area (Å²) in [6.45, 7) is 2.08. The molecule has 108 valence electrons. The van der Waals surface area contributed by atoms with E-state index >= 15 is 0 Å². The van der Waals surface area contributed by atoms with Gasteiger partial charge >= 0.3 is 0 Å². The van der Waals surface area contributed by atoms with Gasteiger partial charge in [-0.25, -0.2) is 0 Å². The Hall–Kier alpha value is -0.970. The lowest BCUT2D eigenvalue weighted by Crippen LogP contribution is -2.15. The van der Waals surface area contributed by atoms with Gasteiger partial charge in [-0.15, -0.1) is 11.8 Å². The molecule has 0 saturated carbocycles. The summed E-state index contributed by atoms with van der Waals surface area (Å²) in [5.74, 6) is 0.661. The molecule has 1 aromatic heterocycles. The zero-order chi connectivity index (χ0) is 14.5. The van der Waals surface area contributed by atoms with Gasteiger partial charge in [0.15, 0.2) is 0 Å². The molecule has 1 atom stereocenters. The van der Waals surface area contributed by atoms with Gasteiger partial charge in [0.25, 0.3) is 0 Å². The summed E-state index contributed by atoms with van der Waals surface area (Å²) in [5.41, 5.74) is 2.14. The maximum atomic E-state index is 10.1. The topological polar surface area (TPSA) is 38.0 Å². The molecule has 0 bridgehead atoms.